The number of carbonyl (C=O) groups excluding carboxylic acids is 1. The van der Waals surface area contributed by atoms with Gasteiger partial charge in [-0.3, -0.25) is 14.4 Å². The van der Waals surface area contributed by atoms with E-state index in [0.717, 1.165) is 32.5 Å². The first-order valence-corrected chi connectivity index (χ1v) is 7.70. The minimum absolute atomic E-state index is 0.188. The average Bonchev–Trinajstić information content (AvgIpc) is 2.93. The lowest BCUT2D eigenvalue weighted by molar-refractivity contribution is -0.130. The number of hydrogen-bond donors (Lipinski definition) is 1. The fraction of sp³-hybridized carbons (Fsp3) is 0.733. The number of hydrogen-bond acceptors (Lipinski definition) is 4. The van der Waals surface area contributed by atoms with Crippen molar-refractivity contribution in [1.82, 2.24) is 24.9 Å². The van der Waals surface area contributed by atoms with E-state index in [1.165, 1.54) is 0 Å². The number of likely N-dealkylation sites (tertiary alicyclic amines) is 1. The van der Waals surface area contributed by atoms with E-state index in [1.807, 2.05) is 37.2 Å². The number of amides is 1. The van der Waals surface area contributed by atoms with Crippen molar-refractivity contribution >= 4 is 5.91 Å². The summed E-state index contributed by atoms with van der Waals surface area (Å²) in [6.07, 6.45) is 6.01. The molecule has 0 aromatic carbocycles. The zero-order valence-electron chi connectivity index (χ0n) is 13.3. The van der Waals surface area contributed by atoms with Gasteiger partial charge in [-0.1, -0.05) is 0 Å². The second-order valence-electron chi connectivity index (χ2n) is 6.13. The summed E-state index contributed by atoms with van der Waals surface area (Å²) in [5.41, 5.74) is 0. The van der Waals surface area contributed by atoms with E-state index in [-0.39, 0.29) is 5.91 Å². The number of likely N-dealkylation sites (N-methyl/N-ethyl adjacent to an activating group) is 1. The van der Waals surface area contributed by atoms with E-state index < -0.39 is 0 Å². The molecule has 1 aromatic heterocycles. The number of piperidine rings is 1. The molecule has 118 valence electrons. The summed E-state index contributed by atoms with van der Waals surface area (Å²) in [4.78, 5) is 15.6. The zero-order valence-corrected chi connectivity index (χ0v) is 13.3. The van der Waals surface area contributed by atoms with Gasteiger partial charge >= 0.3 is 0 Å². The zero-order chi connectivity index (χ0) is 15.2. The maximum Gasteiger partial charge on any atom is 0.236 e. The lowest BCUT2D eigenvalue weighted by atomic mass is 10.0. The largest absolute Gasteiger partial charge is 0.348 e. The van der Waals surface area contributed by atoms with E-state index in [9.17, 15) is 4.79 Å². The molecular weight excluding hydrogens is 266 g/mol. The van der Waals surface area contributed by atoms with E-state index >= 15 is 0 Å². The Kier molecular flexibility index (Phi) is 5.76. The van der Waals surface area contributed by atoms with Crippen LogP contribution < -0.4 is 5.32 Å². The second-order valence-corrected chi connectivity index (χ2v) is 6.13. The van der Waals surface area contributed by atoms with Crippen molar-refractivity contribution in [2.45, 2.75) is 38.4 Å². The Morgan fingerprint density at radius 3 is 2.71 bits per heavy atom. The Balaban J connectivity index is 1.68. The first-order chi connectivity index (χ1) is 10.0. The third-order valence-electron chi connectivity index (χ3n) is 3.99. The SMILES string of the molecule is CC(Cn1cccn1)NC1CCN(CC(=O)N(C)C)CC1. The Labute approximate surface area is 127 Å². The molecule has 2 heterocycles. The molecule has 0 spiro atoms. The molecule has 0 radical (unpaired) electrons. The molecule has 1 aliphatic rings. The average molecular weight is 293 g/mol. The normalized spacial score (nSPS) is 18.6. The van der Waals surface area contributed by atoms with Gasteiger partial charge in [-0.15, -0.1) is 0 Å². The van der Waals surface area contributed by atoms with Gasteiger partial charge in [0.25, 0.3) is 0 Å². The van der Waals surface area contributed by atoms with Crippen molar-refractivity contribution in [1.29, 1.82) is 0 Å². The van der Waals surface area contributed by atoms with Crippen LogP contribution in [0.5, 0.6) is 0 Å². The predicted octanol–water partition coefficient (Wildman–Crippen LogP) is 0.414. The van der Waals surface area contributed by atoms with Crippen molar-refractivity contribution in [2.75, 3.05) is 33.7 Å². The topological polar surface area (TPSA) is 53.4 Å². The summed E-state index contributed by atoms with van der Waals surface area (Å²) in [6.45, 7) is 5.62. The Bertz CT molecular complexity index is 423. The van der Waals surface area contributed by atoms with Gasteiger partial charge in [0.15, 0.2) is 0 Å². The molecule has 1 fully saturated rings. The van der Waals surface area contributed by atoms with Crippen LogP contribution in [0.3, 0.4) is 0 Å². The Morgan fingerprint density at radius 1 is 1.43 bits per heavy atom. The summed E-state index contributed by atoms with van der Waals surface area (Å²) < 4.78 is 1.96. The first kappa shape index (κ1) is 16.0. The monoisotopic (exact) mass is 293 g/mol. The fourth-order valence-electron chi connectivity index (χ4n) is 2.73. The van der Waals surface area contributed by atoms with Crippen LogP contribution in [-0.4, -0.2) is 71.3 Å². The molecule has 0 bridgehead atoms. The molecule has 6 nitrogen and oxygen atoms in total. The number of aromatic nitrogens is 2. The highest BCUT2D eigenvalue weighted by Gasteiger charge is 2.22. The van der Waals surface area contributed by atoms with E-state index in [4.69, 9.17) is 0 Å². The van der Waals surface area contributed by atoms with Gasteiger partial charge in [-0.25, -0.2) is 0 Å². The molecule has 21 heavy (non-hydrogen) atoms. The summed E-state index contributed by atoms with van der Waals surface area (Å²) in [5, 5.41) is 7.91. The van der Waals surface area contributed by atoms with Crippen LogP contribution in [0.4, 0.5) is 0 Å². The smallest absolute Gasteiger partial charge is 0.236 e. The maximum atomic E-state index is 11.7. The van der Waals surface area contributed by atoms with Crippen LogP contribution in [-0.2, 0) is 11.3 Å². The summed E-state index contributed by atoms with van der Waals surface area (Å²) in [6, 6.07) is 2.90. The molecule has 1 aromatic rings. The summed E-state index contributed by atoms with van der Waals surface area (Å²) in [5.74, 6) is 0.188. The van der Waals surface area contributed by atoms with Gasteiger partial charge in [-0.05, 0) is 25.8 Å². The Morgan fingerprint density at radius 2 is 2.14 bits per heavy atom. The summed E-state index contributed by atoms with van der Waals surface area (Å²) in [7, 11) is 3.63. The van der Waals surface area contributed by atoms with Gasteiger partial charge in [-0.2, -0.15) is 5.10 Å². The van der Waals surface area contributed by atoms with Crippen LogP contribution in [0.25, 0.3) is 0 Å². The maximum absolute atomic E-state index is 11.7. The number of nitrogens with one attached hydrogen (secondary N) is 1. The molecule has 0 saturated carbocycles. The third-order valence-corrected chi connectivity index (χ3v) is 3.99. The minimum Gasteiger partial charge on any atom is -0.348 e. The van der Waals surface area contributed by atoms with Crippen LogP contribution in [0, 0.1) is 0 Å². The standard InChI is InChI=1S/C15H27N5O/c1-13(11-20-8-4-7-16-20)17-14-5-9-19(10-6-14)12-15(21)18(2)3/h4,7-8,13-14,17H,5-6,9-12H2,1-3H3. The van der Waals surface area contributed by atoms with Crippen LogP contribution in [0.1, 0.15) is 19.8 Å². The third kappa shape index (κ3) is 5.13. The molecule has 1 N–H and O–H groups in total. The molecule has 1 atom stereocenters. The molecular formula is C15H27N5O. The fourth-order valence-corrected chi connectivity index (χ4v) is 2.73. The van der Waals surface area contributed by atoms with Crippen LogP contribution >= 0.6 is 0 Å². The van der Waals surface area contributed by atoms with Crippen molar-refractivity contribution in [3.05, 3.63) is 18.5 Å². The quantitative estimate of drug-likeness (QED) is 0.825. The second kappa shape index (κ2) is 7.56. The highest BCUT2D eigenvalue weighted by atomic mass is 16.2. The molecule has 1 unspecified atom stereocenters. The number of carbonyl (C=O) groups is 1. The highest BCUT2D eigenvalue weighted by Crippen LogP contribution is 2.11. The van der Waals surface area contributed by atoms with Crippen LogP contribution in [0.2, 0.25) is 0 Å². The van der Waals surface area contributed by atoms with Crippen molar-refractivity contribution in [3.8, 4) is 0 Å². The molecule has 6 heteroatoms. The minimum atomic E-state index is 0.188. The molecule has 1 amide bonds. The van der Waals surface area contributed by atoms with Gasteiger partial charge < -0.3 is 10.2 Å². The van der Waals surface area contributed by atoms with Crippen LogP contribution in [0.15, 0.2) is 18.5 Å². The van der Waals surface area contributed by atoms with Crippen molar-refractivity contribution < 1.29 is 4.79 Å². The summed E-state index contributed by atoms with van der Waals surface area (Å²) >= 11 is 0. The molecule has 1 saturated heterocycles. The van der Waals surface area contributed by atoms with Crippen molar-refractivity contribution in [3.63, 3.8) is 0 Å². The predicted molar refractivity (Wildman–Crippen MR) is 83.0 cm³/mol. The highest BCUT2D eigenvalue weighted by molar-refractivity contribution is 5.77. The van der Waals surface area contributed by atoms with Gasteiger partial charge in [0.05, 0.1) is 13.1 Å². The molecule has 2 rings (SSSR count). The van der Waals surface area contributed by atoms with E-state index in [0.29, 0.717) is 18.6 Å². The number of nitrogens with zero attached hydrogens (tertiary/aromatic N) is 4. The van der Waals surface area contributed by atoms with Gasteiger partial charge in [0, 0.05) is 51.7 Å². The van der Waals surface area contributed by atoms with E-state index in [1.54, 1.807) is 4.90 Å². The van der Waals surface area contributed by atoms with Crippen molar-refractivity contribution in [2.24, 2.45) is 0 Å². The molecule has 1 aliphatic heterocycles. The lowest BCUT2D eigenvalue weighted by Crippen LogP contribution is -2.48. The van der Waals surface area contributed by atoms with Gasteiger partial charge in [0.2, 0.25) is 5.91 Å². The number of rotatable bonds is 6. The van der Waals surface area contributed by atoms with Gasteiger partial charge in [0.1, 0.15) is 0 Å². The Hall–Kier alpha value is -1.40. The lowest BCUT2D eigenvalue weighted by Gasteiger charge is -2.34. The first-order valence-electron chi connectivity index (χ1n) is 7.70. The molecule has 0 aliphatic carbocycles. The van der Waals surface area contributed by atoms with E-state index in [2.05, 4.69) is 22.2 Å².